The number of hydrogen-bond acceptors (Lipinski definition) is 10. The molecule has 4 N–H and O–H groups in total. The molecule has 2 aliphatic rings. The fourth-order valence-corrected chi connectivity index (χ4v) is 2.68. The molecule has 0 spiro atoms. The lowest BCUT2D eigenvalue weighted by Crippen LogP contribution is -2.64. The van der Waals surface area contributed by atoms with Crippen LogP contribution in [0.5, 0.6) is 5.88 Å². The van der Waals surface area contributed by atoms with Gasteiger partial charge in [-0.25, -0.2) is 4.98 Å². The van der Waals surface area contributed by atoms with Gasteiger partial charge in [-0.3, -0.25) is 0 Å². The maximum atomic E-state index is 10.3. The molecule has 3 heterocycles. The van der Waals surface area contributed by atoms with E-state index in [9.17, 15) is 15.3 Å². The molecule has 2 fully saturated rings. The second-order valence-corrected chi connectivity index (χ2v) is 5.36. The van der Waals surface area contributed by atoms with Gasteiger partial charge < -0.3 is 34.8 Å². The van der Waals surface area contributed by atoms with E-state index in [0.717, 1.165) is 0 Å². The molecule has 10 nitrogen and oxygen atoms in total. The third kappa shape index (κ3) is 2.58. The van der Waals surface area contributed by atoms with Crippen molar-refractivity contribution < 1.29 is 29.5 Å². The third-order valence-electron chi connectivity index (χ3n) is 3.96. The fourth-order valence-electron chi connectivity index (χ4n) is 2.68. The molecular formula is C13H16N4O6. The Morgan fingerprint density at radius 2 is 2.30 bits per heavy atom. The molecule has 0 aliphatic carbocycles. The Hall–Kier alpha value is -2.03. The number of ether oxygens (including phenoxy) is 3. The largest absolute Gasteiger partial charge is 0.481 e. The summed E-state index contributed by atoms with van der Waals surface area (Å²) in [5.41, 5.74) is -1.33. The van der Waals surface area contributed by atoms with Gasteiger partial charge >= 0.3 is 0 Å². The number of aliphatic hydroxyl groups is 3. The quantitative estimate of drug-likeness (QED) is 0.488. The Morgan fingerprint density at radius 3 is 2.96 bits per heavy atom. The first kappa shape index (κ1) is 15.9. The minimum atomic E-state index is -1.34. The van der Waals surface area contributed by atoms with E-state index in [1.165, 1.54) is 13.2 Å². The molecule has 0 aromatic carbocycles. The van der Waals surface area contributed by atoms with Crippen molar-refractivity contribution in [3.63, 3.8) is 0 Å². The maximum absolute atomic E-state index is 10.3. The number of fused-ring (bicyclic) bond motifs is 2. The van der Waals surface area contributed by atoms with Crippen LogP contribution in [0.25, 0.3) is 0 Å². The maximum Gasteiger partial charge on any atom is 0.237 e. The number of aromatic nitrogens is 2. The lowest BCUT2D eigenvalue weighted by Gasteiger charge is -2.42. The molecule has 5 atom stereocenters. The number of nitrogens with one attached hydrogen (secondary N) is 1. The van der Waals surface area contributed by atoms with E-state index in [1.54, 1.807) is 6.07 Å². The second kappa shape index (κ2) is 5.88. The van der Waals surface area contributed by atoms with E-state index >= 15 is 0 Å². The zero-order chi connectivity index (χ0) is 16.6. The second-order valence-electron chi connectivity index (χ2n) is 5.36. The van der Waals surface area contributed by atoms with Crippen LogP contribution in [0.1, 0.15) is 5.82 Å². The predicted octanol–water partition coefficient (Wildman–Crippen LogP) is -2.02. The van der Waals surface area contributed by atoms with Gasteiger partial charge in [0.15, 0.2) is 6.29 Å². The van der Waals surface area contributed by atoms with E-state index in [-0.39, 0.29) is 24.1 Å². The van der Waals surface area contributed by atoms with Gasteiger partial charge in [-0.2, -0.15) is 10.2 Å². The highest BCUT2D eigenvalue weighted by Gasteiger charge is 2.59. The molecule has 124 valence electrons. The molecule has 2 aliphatic heterocycles. The van der Waals surface area contributed by atoms with Gasteiger partial charge in [-0.1, -0.05) is 0 Å². The SMILES string of the molecule is COc1cc(N[C@H]2[C@H]3OC[C@](CO)(O3)[C@H](O)[C@@H]2O)nc(C#N)n1. The summed E-state index contributed by atoms with van der Waals surface area (Å²) in [5.74, 6) is 0.263. The predicted molar refractivity (Wildman–Crippen MR) is 73.4 cm³/mol. The molecule has 2 bridgehead atoms. The van der Waals surface area contributed by atoms with Gasteiger partial charge in [0.25, 0.3) is 0 Å². The zero-order valence-electron chi connectivity index (χ0n) is 12.2. The van der Waals surface area contributed by atoms with Crippen LogP contribution in [-0.4, -0.2) is 75.8 Å². The van der Waals surface area contributed by atoms with Crippen molar-refractivity contribution in [1.82, 2.24) is 9.97 Å². The lowest BCUT2D eigenvalue weighted by atomic mass is 9.88. The fraction of sp³-hybridized carbons (Fsp3) is 0.615. The summed E-state index contributed by atoms with van der Waals surface area (Å²) in [6, 6.07) is 2.38. The smallest absolute Gasteiger partial charge is 0.237 e. The monoisotopic (exact) mass is 324 g/mol. The first-order chi connectivity index (χ1) is 11.0. The molecular weight excluding hydrogens is 308 g/mol. The van der Waals surface area contributed by atoms with Crippen LogP contribution in [0.2, 0.25) is 0 Å². The number of aliphatic hydroxyl groups excluding tert-OH is 3. The number of hydrogen-bond donors (Lipinski definition) is 4. The summed E-state index contributed by atoms with van der Waals surface area (Å²) in [7, 11) is 1.39. The molecule has 1 aromatic rings. The van der Waals surface area contributed by atoms with Crippen molar-refractivity contribution in [2.45, 2.75) is 30.1 Å². The van der Waals surface area contributed by atoms with Gasteiger partial charge in [-0.15, -0.1) is 0 Å². The van der Waals surface area contributed by atoms with E-state index in [2.05, 4.69) is 15.3 Å². The van der Waals surface area contributed by atoms with Crippen LogP contribution in [-0.2, 0) is 9.47 Å². The zero-order valence-corrected chi connectivity index (χ0v) is 12.2. The van der Waals surface area contributed by atoms with Crippen molar-refractivity contribution in [3.8, 4) is 11.9 Å². The Balaban J connectivity index is 1.85. The summed E-state index contributed by atoms with van der Waals surface area (Å²) in [6.45, 7) is -0.518. The molecule has 0 radical (unpaired) electrons. The number of nitrogens with zero attached hydrogens (tertiary/aromatic N) is 3. The Kier molecular flexibility index (Phi) is 4.05. The Morgan fingerprint density at radius 1 is 1.52 bits per heavy atom. The van der Waals surface area contributed by atoms with Gasteiger partial charge in [0, 0.05) is 6.07 Å². The molecule has 0 amide bonds. The number of methoxy groups -OCH3 is 1. The van der Waals surface area contributed by atoms with Crippen molar-refractivity contribution in [2.75, 3.05) is 25.6 Å². The van der Waals surface area contributed by atoms with Gasteiger partial charge in [0.05, 0.1) is 20.3 Å². The summed E-state index contributed by atoms with van der Waals surface area (Å²) in [5, 5.41) is 41.7. The molecule has 23 heavy (non-hydrogen) atoms. The molecule has 0 saturated carbocycles. The highest BCUT2D eigenvalue weighted by atomic mass is 16.7. The Labute approximate surface area is 131 Å². The van der Waals surface area contributed by atoms with Crippen molar-refractivity contribution >= 4 is 5.82 Å². The minimum Gasteiger partial charge on any atom is -0.481 e. The van der Waals surface area contributed by atoms with Crippen molar-refractivity contribution in [1.29, 1.82) is 5.26 Å². The van der Waals surface area contributed by atoms with Crippen LogP contribution in [0.4, 0.5) is 5.82 Å². The van der Waals surface area contributed by atoms with E-state index in [4.69, 9.17) is 19.5 Å². The summed E-state index contributed by atoms with van der Waals surface area (Å²) >= 11 is 0. The highest BCUT2D eigenvalue weighted by molar-refractivity contribution is 5.42. The van der Waals surface area contributed by atoms with E-state index in [1.807, 2.05) is 0 Å². The lowest BCUT2D eigenvalue weighted by molar-refractivity contribution is -0.224. The Bertz CT molecular complexity index is 637. The van der Waals surface area contributed by atoms with Crippen molar-refractivity contribution in [3.05, 3.63) is 11.9 Å². The van der Waals surface area contributed by atoms with Crippen LogP contribution in [0.3, 0.4) is 0 Å². The molecule has 1 aromatic heterocycles. The van der Waals surface area contributed by atoms with Crippen LogP contribution in [0.15, 0.2) is 6.07 Å². The average molecular weight is 324 g/mol. The summed E-state index contributed by atoms with van der Waals surface area (Å²) in [6.07, 6.45) is -3.50. The standard InChI is InChI=1S/C13H16N4O6/c1-21-8-2-6(15-7(3-14)16-8)17-9-10(19)11(20)13(4-18)5-22-12(9)23-13/h2,9-12,18-20H,4-5H2,1H3,(H,15,16,17)/t9-,10-,11-,12+,13+/m1/s1. The van der Waals surface area contributed by atoms with Gasteiger partial charge in [-0.05, 0) is 0 Å². The summed E-state index contributed by atoms with van der Waals surface area (Å²) in [4.78, 5) is 7.78. The van der Waals surface area contributed by atoms with Crippen molar-refractivity contribution in [2.24, 2.45) is 0 Å². The number of nitriles is 1. The van der Waals surface area contributed by atoms with Crippen LogP contribution >= 0.6 is 0 Å². The third-order valence-corrected chi connectivity index (χ3v) is 3.96. The van der Waals surface area contributed by atoms with Crippen LogP contribution in [0, 0.1) is 11.3 Å². The van der Waals surface area contributed by atoms with Crippen LogP contribution < -0.4 is 10.1 Å². The molecule has 10 heteroatoms. The van der Waals surface area contributed by atoms with Gasteiger partial charge in [0.2, 0.25) is 11.7 Å². The first-order valence-corrected chi connectivity index (χ1v) is 6.89. The number of rotatable bonds is 4. The molecule has 2 saturated heterocycles. The van der Waals surface area contributed by atoms with E-state index in [0.29, 0.717) is 0 Å². The average Bonchev–Trinajstić information content (AvgIpc) is 2.99. The molecule has 3 rings (SSSR count). The normalized spacial score (nSPS) is 35.6. The first-order valence-electron chi connectivity index (χ1n) is 6.89. The number of anilines is 1. The van der Waals surface area contributed by atoms with E-state index < -0.39 is 36.7 Å². The van der Waals surface area contributed by atoms with Gasteiger partial charge in [0.1, 0.15) is 35.7 Å². The summed E-state index contributed by atoms with van der Waals surface area (Å²) < 4.78 is 15.9. The highest BCUT2D eigenvalue weighted by Crippen LogP contribution is 2.37. The topological polar surface area (TPSA) is 150 Å². The molecule has 0 unspecified atom stereocenters. The minimum absolute atomic E-state index is 0.0406.